The molecule has 176 valence electrons. The second-order valence-corrected chi connectivity index (χ2v) is 9.13. The molecule has 1 heterocycles. The number of rotatable bonds is 8. The van der Waals surface area contributed by atoms with Gasteiger partial charge in [0.05, 0.1) is 10.5 Å². The van der Waals surface area contributed by atoms with Gasteiger partial charge >= 0.3 is 5.97 Å². The van der Waals surface area contributed by atoms with E-state index in [4.69, 9.17) is 14.2 Å². The van der Waals surface area contributed by atoms with Gasteiger partial charge in [-0.15, -0.1) is 0 Å². The van der Waals surface area contributed by atoms with Gasteiger partial charge < -0.3 is 19.5 Å². The van der Waals surface area contributed by atoms with Gasteiger partial charge in [0.1, 0.15) is 0 Å². The SMILES string of the molecule is CC(OC(=O)c1cccc(NS(=O)(=O)c2ccccc2)c1)C(=O)NCc1ccc2c(c1)OCO2. The third kappa shape index (κ3) is 5.46. The summed E-state index contributed by atoms with van der Waals surface area (Å²) < 4.78 is 43.3. The zero-order valence-corrected chi connectivity index (χ0v) is 19.0. The van der Waals surface area contributed by atoms with Gasteiger partial charge in [-0.05, 0) is 55.0 Å². The fourth-order valence-electron chi connectivity index (χ4n) is 3.19. The second-order valence-electron chi connectivity index (χ2n) is 7.45. The Balaban J connectivity index is 1.34. The summed E-state index contributed by atoms with van der Waals surface area (Å²) >= 11 is 0. The van der Waals surface area contributed by atoms with E-state index < -0.39 is 28.0 Å². The number of sulfonamides is 1. The van der Waals surface area contributed by atoms with Crippen LogP contribution in [-0.4, -0.2) is 33.2 Å². The Morgan fingerprint density at radius 2 is 1.74 bits per heavy atom. The average molecular weight is 483 g/mol. The molecule has 2 N–H and O–H groups in total. The summed E-state index contributed by atoms with van der Waals surface area (Å²) in [5, 5.41) is 2.70. The number of fused-ring (bicyclic) bond motifs is 1. The largest absolute Gasteiger partial charge is 0.454 e. The van der Waals surface area contributed by atoms with E-state index in [0.717, 1.165) is 5.56 Å². The first-order valence-electron chi connectivity index (χ1n) is 10.4. The van der Waals surface area contributed by atoms with E-state index in [9.17, 15) is 18.0 Å². The van der Waals surface area contributed by atoms with Gasteiger partial charge in [0, 0.05) is 12.2 Å². The summed E-state index contributed by atoms with van der Waals surface area (Å²) in [7, 11) is -3.81. The summed E-state index contributed by atoms with van der Waals surface area (Å²) in [6.07, 6.45) is -1.06. The van der Waals surface area contributed by atoms with Crippen molar-refractivity contribution in [2.24, 2.45) is 0 Å². The highest BCUT2D eigenvalue weighted by atomic mass is 32.2. The molecule has 1 atom stereocenters. The van der Waals surface area contributed by atoms with Gasteiger partial charge in [-0.2, -0.15) is 0 Å². The minimum absolute atomic E-state index is 0.0933. The van der Waals surface area contributed by atoms with Gasteiger partial charge in [0.25, 0.3) is 15.9 Å². The van der Waals surface area contributed by atoms with Crippen molar-refractivity contribution in [2.45, 2.75) is 24.5 Å². The van der Waals surface area contributed by atoms with E-state index in [1.807, 2.05) is 0 Å². The number of anilines is 1. The van der Waals surface area contributed by atoms with Crippen molar-refractivity contribution in [2.75, 3.05) is 11.5 Å². The summed E-state index contributed by atoms with van der Waals surface area (Å²) in [5.74, 6) is 0.0121. The number of ether oxygens (including phenoxy) is 3. The first kappa shape index (κ1) is 23.1. The van der Waals surface area contributed by atoms with E-state index in [0.29, 0.717) is 11.5 Å². The van der Waals surface area contributed by atoms with Crippen LogP contribution in [0.4, 0.5) is 5.69 Å². The Bertz CT molecular complexity index is 1310. The molecule has 4 rings (SSSR count). The molecule has 0 saturated heterocycles. The predicted molar refractivity (Wildman–Crippen MR) is 123 cm³/mol. The minimum atomic E-state index is -3.81. The highest BCUT2D eigenvalue weighted by Crippen LogP contribution is 2.32. The lowest BCUT2D eigenvalue weighted by Gasteiger charge is -2.14. The Kier molecular flexibility index (Phi) is 6.69. The van der Waals surface area contributed by atoms with Crippen LogP contribution in [0, 0.1) is 0 Å². The highest BCUT2D eigenvalue weighted by molar-refractivity contribution is 7.92. The zero-order chi connectivity index (χ0) is 24.1. The molecule has 3 aromatic carbocycles. The highest BCUT2D eigenvalue weighted by Gasteiger charge is 2.20. The van der Waals surface area contributed by atoms with Crippen LogP contribution in [0.3, 0.4) is 0 Å². The monoisotopic (exact) mass is 482 g/mol. The Morgan fingerprint density at radius 3 is 2.53 bits per heavy atom. The maximum Gasteiger partial charge on any atom is 0.338 e. The normalized spacial score (nSPS) is 13.1. The van der Waals surface area contributed by atoms with Crippen LogP contribution in [0.2, 0.25) is 0 Å². The Hall–Kier alpha value is -4.05. The molecule has 0 bridgehead atoms. The standard InChI is InChI=1S/C24H22N2O7S/c1-16(23(27)25-14-17-10-11-21-22(12-17)32-15-31-21)33-24(28)18-6-5-7-19(13-18)26-34(29,30)20-8-3-2-4-9-20/h2-13,16,26H,14-15H2,1H3,(H,25,27). The van der Waals surface area contributed by atoms with Gasteiger partial charge in [0.15, 0.2) is 17.6 Å². The molecule has 3 aromatic rings. The number of benzene rings is 3. The van der Waals surface area contributed by atoms with E-state index in [2.05, 4.69) is 10.0 Å². The third-order valence-electron chi connectivity index (χ3n) is 4.96. The molecular weight excluding hydrogens is 460 g/mol. The number of esters is 1. The molecular formula is C24H22N2O7S. The fraction of sp³-hybridized carbons (Fsp3) is 0.167. The van der Waals surface area contributed by atoms with Crippen LogP contribution in [0.25, 0.3) is 0 Å². The summed E-state index contributed by atoms with van der Waals surface area (Å²) in [6, 6.07) is 19.0. The lowest BCUT2D eigenvalue weighted by Crippen LogP contribution is -2.35. The molecule has 0 aromatic heterocycles. The molecule has 0 saturated carbocycles. The molecule has 0 spiro atoms. The van der Waals surface area contributed by atoms with Crippen molar-refractivity contribution in [1.82, 2.24) is 5.32 Å². The second kappa shape index (κ2) is 9.84. The molecule has 0 aliphatic carbocycles. The van der Waals surface area contributed by atoms with Crippen molar-refractivity contribution in [1.29, 1.82) is 0 Å². The van der Waals surface area contributed by atoms with Crippen LogP contribution in [0.1, 0.15) is 22.8 Å². The molecule has 1 aliphatic rings. The summed E-state index contributed by atoms with van der Waals surface area (Å²) in [5.41, 5.74) is 1.09. The van der Waals surface area contributed by atoms with Crippen molar-refractivity contribution in [3.8, 4) is 11.5 Å². The number of amides is 1. The lowest BCUT2D eigenvalue weighted by molar-refractivity contribution is -0.129. The number of hydrogen-bond acceptors (Lipinski definition) is 7. The smallest absolute Gasteiger partial charge is 0.338 e. The van der Waals surface area contributed by atoms with Gasteiger partial charge in [-0.25, -0.2) is 13.2 Å². The average Bonchev–Trinajstić information content (AvgIpc) is 3.31. The lowest BCUT2D eigenvalue weighted by atomic mass is 10.2. The van der Waals surface area contributed by atoms with Crippen molar-refractivity contribution in [3.05, 3.63) is 83.9 Å². The van der Waals surface area contributed by atoms with Crippen LogP contribution < -0.4 is 19.5 Å². The van der Waals surface area contributed by atoms with Crippen LogP contribution >= 0.6 is 0 Å². The fourth-order valence-corrected chi connectivity index (χ4v) is 4.26. The Labute approximate surface area is 196 Å². The molecule has 10 heteroatoms. The van der Waals surface area contributed by atoms with Crippen molar-refractivity contribution in [3.63, 3.8) is 0 Å². The van der Waals surface area contributed by atoms with E-state index >= 15 is 0 Å². The van der Waals surface area contributed by atoms with E-state index in [1.54, 1.807) is 36.4 Å². The molecule has 1 aliphatic heterocycles. The first-order valence-corrected chi connectivity index (χ1v) is 11.9. The third-order valence-corrected chi connectivity index (χ3v) is 6.36. The quantitative estimate of drug-likeness (QED) is 0.474. The van der Waals surface area contributed by atoms with Crippen LogP contribution in [0.15, 0.2) is 77.7 Å². The molecule has 1 amide bonds. The number of hydrogen-bond donors (Lipinski definition) is 2. The number of nitrogens with one attached hydrogen (secondary N) is 2. The predicted octanol–water partition coefficient (Wildman–Crippen LogP) is 3.08. The first-order chi connectivity index (χ1) is 16.3. The van der Waals surface area contributed by atoms with Crippen LogP contribution in [0.5, 0.6) is 11.5 Å². The van der Waals surface area contributed by atoms with E-state index in [-0.39, 0.29) is 29.5 Å². The van der Waals surface area contributed by atoms with Gasteiger partial charge in [-0.1, -0.05) is 30.3 Å². The molecule has 9 nitrogen and oxygen atoms in total. The Morgan fingerprint density at radius 1 is 0.971 bits per heavy atom. The maximum atomic E-state index is 12.5. The van der Waals surface area contributed by atoms with Crippen LogP contribution in [-0.2, 0) is 26.1 Å². The molecule has 34 heavy (non-hydrogen) atoms. The summed E-state index contributed by atoms with van der Waals surface area (Å²) in [4.78, 5) is 25.0. The summed E-state index contributed by atoms with van der Waals surface area (Å²) in [6.45, 7) is 1.83. The number of carbonyl (C=O) groups excluding carboxylic acids is 2. The van der Waals surface area contributed by atoms with Gasteiger partial charge in [-0.3, -0.25) is 9.52 Å². The van der Waals surface area contributed by atoms with Crippen molar-refractivity contribution < 1.29 is 32.2 Å². The minimum Gasteiger partial charge on any atom is -0.454 e. The molecule has 0 radical (unpaired) electrons. The number of carbonyl (C=O) groups is 2. The van der Waals surface area contributed by atoms with Crippen molar-refractivity contribution >= 4 is 27.6 Å². The van der Waals surface area contributed by atoms with Gasteiger partial charge in [0.2, 0.25) is 6.79 Å². The zero-order valence-electron chi connectivity index (χ0n) is 18.2. The molecule has 1 unspecified atom stereocenters. The molecule has 0 fully saturated rings. The van der Waals surface area contributed by atoms with E-state index in [1.165, 1.54) is 43.3 Å². The maximum absolute atomic E-state index is 12.5. The topological polar surface area (TPSA) is 120 Å².